The standard InChI is InChI=1S/C27H31N3O2/c31-27(24-11-14-28-15-12-24)29-16-13-23-5-1-2-6-25(23)21-22-7-9-26(10-8-22)32-20-19-30-17-3-4-18-30/h1-2,5-12,14-15H,3-4,13,16-21H2,(H,29,31). The molecule has 0 radical (unpaired) electrons. The first-order valence-electron chi connectivity index (χ1n) is 11.5. The third-order valence-electron chi connectivity index (χ3n) is 5.93. The first-order chi connectivity index (χ1) is 15.8. The molecule has 0 spiro atoms. The van der Waals surface area contributed by atoms with Crippen LogP contribution >= 0.6 is 0 Å². The van der Waals surface area contributed by atoms with Crippen LogP contribution in [0.4, 0.5) is 0 Å². The molecule has 166 valence electrons. The van der Waals surface area contributed by atoms with E-state index in [4.69, 9.17) is 4.74 Å². The SMILES string of the molecule is O=C(NCCc1ccccc1Cc1ccc(OCCN2CCCC2)cc1)c1ccncc1. The molecule has 5 nitrogen and oxygen atoms in total. The average molecular weight is 430 g/mol. The fourth-order valence-electron chi connectivity index (χ4n) is 4.11. The van der Waals surface area contributed by atoms with Crippen LogP contribution in [-0.4, -0.2) is 48.6 Å². The van der Waals surface area contributed by atoms with E-state index in [0.717, 1.165) is 31.7 Å². The number of carbonyl (C=O) groups excluding carboxylic acids is 1. The first kappa shape index (κ1) is 22.0. The zero-order chi connectivity index (χ0) is 22.0. The van der Waals surface area contributed by atoms with Crippen molar-refractivity contribution in [3.63, 3.8) is 0 Å². The molecule has 1 aromatic heterocycles. The lowest BCUT2D eigenvalue weighted by atomic mass is 9.98. The number of rotatable bonds is 10. The first-order valence-corrected chi connectivity index (χ1v) is 11.5. The molecule has 1 N–H and O–H groups in total. The number of benzene rings is 2. The van der Waals surface area contributed by atoms with E-state index >= 15 is 0 Å². The van der Waals surface area contributed by atoms with Gasteiger partial charge in [-0.15, -0.1) is 0 Å². The number of hydrogen-bond donors (Lipinski definition) is 1. The summed E-state index contributed by atoms with van der Waals surface area (Å²) >= 11 is 0. The number of hydrogen-bond acceptors (Lipinski definition) is 4. The molecule has 1 aliphatic heterocycles. The molecule has 1 saturated heterocycles. The molecule has 3 aromatic rings. The molecule has 0 saturated carbocycles. The van der Waals surface area contributed by atoms with E-state index in [9.17, 15) is 4.79 Å². The fraction of sp³-hybridized carbons (Fsp3) is 0.333. The molecule has 5 heteroatoms. The summed E-state index contributed by atoms with van der Waals surface area (Å²) < 4.78 is 5.92. The minimum atomic E-state index is -0.0646. The van der Waals surface area contributed by atoms with Crippen LogP contribution in [0.25, 0.3) is 0 Å². The van der Waals surface area contributed by atoms with Gasteiger partial charge in [0.15, 0.2) is 0 Å². The van der Waals surface area contributed by atoms with Crippen molar-refractivity contribution in [1.82, 2.24) is 15.2 Å². The normalized spacial score (nSPS) is 13.8. The summed E-state index contributed by atoms with van der Waals surface area (Å²) in [5, 5.41) is 3.00. The van der Waals surface area contributed by atoms with Gasteiger partial charge in [0.25, 0.3) is 5.91 Å². The van der Waals surface area contributed by atoms with Crippen LogP contribution in [0, 0.1) is 0 Å². The second kappa shape index (κ2) is 11.4. The highest BCUT2D eigenvalue weighted by molar-refractivity contribution is 5.93. The summed E-state index contributed by atoms with van der Waals surface area (Å²) in [6, 6.07) is 20.3. The number of likely N-dealkylation sites (tertiary alicyclic amines) is 1. The van der Waals surface area contributed by atoms with Gasteiger partial charge in [0, 0.05) is 31.0 Å². The molecule has 32 heavy (non-hydrogen) atoms. The van der Waals surface area contributed by atoms with Gasteiger partial charge in [0.05, 0.1) is 0 Å². The molecular weight excluding hydrogens is 398 g/mol. The van der Waals surface area contributed by atoms with Crippen molar-refractivity contribution in [2.45, 2.75) is 25.7 Å². The van der Waals surface area contributed by atoms with Crippen LogP contribution < -0.4 is 10.1 Å². The highest BCUT2D eigenvalue weighted by atomic mass is 16.5. The van der Waals surface area contributed by atoms with Crippen molar-refractivity contribution in [2.75, 3.05) is 32.8 Å². The Morgan fingerprint density at radius 1 is 0.938 bits per heavy atom. The summed E-state index contributed by atoms with van der Waals surface area (Å²) in [4.78, 5) is 18.7. The van der Waals surface area contributed by atoms with Crippen LogP contribution in [0.1, 0.15) is 39.9 Å². The van der Waals surface area contributed by atoms with Gasteiger partial charge in [-0.25, -0.2) is 0 Å². The maximum atomic E-state index is 12.2. The lowest BCUT2D eigenvalue weighted by Gasteiger charge is -2.15. The molecule has 1 aliphatic rings. The molecular formula is C27H31N3O2. The fourth-order valence-corrected chi connectivity index (χ4v) is 4.11. The van der Waals surface area contributed by atoms with Gasteiger partial charge < -0.3 is 10.1 Å². The Morgan fingerprint density at radius 3 is 2.41 bits per heavy atom. The summed E-state index contributed by atoms with van der Waals surface area (Å²) in [5.41, 5.74) is 4.43. The van der Waals surface area contributed by atoms with Gasteiger partial charge in [-0.05, 0) is 79.7 Å². The largest absolute Gasteiger partial charge is 0.492 e. The third kappa shape index (κ3) is 6.41. The Bertz CT molecular complexity index is 983. The minimum Gasteiger partial charge on any atom is -0.492 e. The van der Waals surface area contributed by atoms with Crippen molar-refractivity contribution < 1.29 is 9.53 Å². The Hall–Kier alpha value is -3.18. The van der Waals surface area contributed by atoms with Crippen LogP contribution in [-0.2, 0) is 12.8 Å². The molecule has 1 amide bonds. The second-order valence-electron chi connectivity index (χ2n) is 8.23. The number of aromatic nitrogens is 1. The van der Waals surface area contributed by atoms with E-state index in [1.807, 2.05) is 0 Å². The zero-order valence-corrected chi connectivity index (χ0v) is 18.5. The van der Waals surface area contributed by atoms with Crippen LogP contribution in [0.15, 0.2) is 73.1 Å². The summed E-state index contributed by atoms with van der Waals surface area (Å²) in [7, 11) is 0. The smallest absolute Gasteiger partial charge is 0.251 e. The summed E-state index contributed by atoms with van der Waals surface area (Å²) in [6.07, 6.45) is 7.55. The van der Waals surface area contributed by atoms with Crippen molar-refractivity contribution in [1.29, 1.82) is 0 Å². The summed E-state index contributed by atoms with van der Waals surface area (Å²) in [5.74, 6) is 0.866. The maximum absolute atomic E-state index is 12.2. The van der Waals surface area contributed by atoms with Crippen molar-refractivity contribution >= 4 is 5.91 Å². The number of carbonyl (C=O) groups is 1. The van der Waals surface area contributed by atoms with Crippen molar-refractivity contribution in [2.24, 2.45) is 0 Å². The molecule has 0 atom stereocenters. The Morgan fingerprint density at radius 2 is 1.66 bits per heavy atom. The van der Waals surface area contributed by atoms with Gasteiger partial charge in [-0.1, -0.05) is 36.4 Å². The number of nitrogens with zero attached hydrogens (tertiary/aromatic N) is 2. The zero-order valence-electron chi connectivity index (χ0n) is 18.5. The van der Waals surface area contributed by atoms with Gasteiger partial charge >= 0.3 is 0 Å². The predicted octanol–water partition coefficient (Wildman–Crippen LogP) is 4.12. The molecule has 1 fully saturated rings. The molecule has 2 aromatic carbocycles. The molecule has 0 bridgehead atoms. The van der Waals surface area contributed by atoms with Gasteiger partial charge in [-0.3, -0.25) is 14.7 Å². The van der Waals surface area contributed by atoms with Crippen molar-refractivity contribution in [3.05, 3.63) is 95.3 Å². The number of amides is 1. The van der Waals surface area contributed by atoms with E-state index in [1.165, 1.54) is 42.6 Å². The topological polar surface area (TPSA) is 54.5 Å². The number of nitrogens with one attached hydrogen (secondary N) is 1. The van der Waals surface area contributed by atoms with E-state index < -0.39 is 0 Å². The quantitative estimate of drug-likeness (QED) is 0.527. The van der Waals surface area contributed by atoms with Gasteiger partial charge in [0.2, 0.25) is 0 Å². The Balaban J connectivity index is 1.27. The van der Waals surface area contributed by atoms with Crippen LogP contribution in [0.5, 0.6) is 5.75 Å². The number of pyridine rings is 1. The maximum Gasteiger partial charge on any atom is 0.251 e. The third-order valence-corrected chi connectivity index (χ3v) is 5.93. The molecule has 2 heterocycles. The lowest BCUT2D eigenvalue weighted by Crippen LogP contribution is -2.25. The predicted molar refractivity (Wildman–Crippen MR) is 127 cm³/mol. The minimum absolute atomic E-state index is 0.0646. The highest BCUT2D eigenvalue weighted by Crippen LogP contribution is 2.18. The number of ether oxygens (including phenoxy) is 1. The lowest BCUT2D eigenvalue weighted by molar-refractivity contribution is 0.0954. The van der Waals surface area contributed by atoms with Crippen LogP contribution in [0.2, 0.25) is 0 Å². The van der Waals surface area contributed by atoms with Gasteiger partial charge in [-0.2, -0.15) is 0 Å². The average Bonchev–Trinajstić information content (AvgIpc) is 3.35. The van der Waals surface area contributed by atoms with Crippen molar-refractivity contribution in [3.8, 4) is 5.75 Å². The van der Waals surface area contributed by atoms with E-state index in [2.05, 4.69) is 63.7 Å². The summed E-state index contributed by atoms with van der Waals surface area (Å²) in [6.45, 7) is 4.76. The molecule has 4 rings (SSSR count). The monoisotopic (exact) mass is 429 g/mol. The van der Waals surface area contributed by atoms with E-state index in [-0.39, 0.29) is 5.91 Å². The van der Waals surface area contributed by atoms with E-state index in [0.29, 0.717) is 12.1 Å². The van der Waals surface area contributed by atoms with E-state index in [1.54, 1.807) is 24.5 Å². The highest BCUT2D eigenvalue weighted by Gasteiger charge is 2.11. The Labute approximate surface area is 190 Å². The van der Waals surface area contributed by atoms with Gasteiger partial charge in [0.1, 0.15) is 12.4 Å². The molecule has 0 unspecified atom stereocenters. The molecule has 0 aliphatic carbocycles. The van der Waals surface area contributed by atoms with Crippen LogP contribution in [0.3, 0.4) is 0 Å². The Kier molecular flexibility index (Phi) is 7.88. The second-order valence-corrected chi connectivity index (χ2v) is 8.23.